The zero-order chi connectivity index (χ0) is 37.4. The second kappa shape index (κ2) is 32.8. The van der Waals surface area contributed by atoms with Crippen molar-refractivity contribution >= 4 is 29.5 Å². The van der Waals surface area contributed by atoms with E-state index in [0.717, 1.165) is 70.8 Å². The van der Waals surface area contributed by atoms with E-state index >= 15 is 0 Å². The second-order valence-electron chi connectivity index (χ2n) is 14.6. The zero-order valence-corrected chi connectivity index (χ0v) is 34.5. The normalized spacial score (nSPS) is 13.2. The molecule has 0 heterocycles. The standard InChI is InChI=1S/C42H77N3O4S/c1-9-11-13-15-16-18-26-38(25-17-14-12-10-2)41(47)44-39(42(48)43-30-31-45(7)8)28-33-50-34-29-40(46)49-32-27-37(6)24-20-23-36(5)22-19-21-35(3)4/h21,23,27,38-39H,9-20,22,24-26,28-34H2,1-8H3,(H,43,48)(H,44,47)/b36-23+,37-27+. The molecule has 2 N–H and O–H groups in total. The van der Waals surface area contributed by atoms with Crippen molar-refractivity contribution in [3.63, 3.8) is 0 Å². The third-order valence-electron chi connectivity index (χ3n) is 8.97. The molecule has 0 aliphatic heterocycles. The zero-order valence-electron chi connectivity index (χ0n) is 33.6. The van der Waals surface area contributed by atoms with Gasteiger partial charge in [-0.3, -0.25) is 14.4 Å². The average molecular weight is 720 g/mol. The Morgan fingerprint density at radius 3 is 1.90 bits per heavy atom. The van der Waals surface area contributed by atoms with Crippen molar-refractivity contribution in [3.8, 4) is 0 Å². The van der Waals surface area contributed by atoms with Gasteiger partial charge in [-0.25, -0.2) is 0 Å². The largest absolute Gasteiger partial charge is 0.461 e. The molecule has 50 heavy (non-hydrogen) atoms. The van der Waals surface area contributed by atoms with Crippen LogP contribution in [0.2, 0.25) is 0 Å². The number of amides is 2. The van der Waals surface area contributed by atoms with Gasteiger partial charge in [0.25, 0.3) is 0 Å². The van der Waals surface area contributed by atoms with Gasteiger partial charge in [0, 0.05) is 24.8 Å². The fraction of sp³-hybridized carbons (Fsp3) is 0.786. The SMILES string of the molecule is CCCCCCCCC(CCCCCC)C(=O)NC(CCSCCC(=O)OC/C=C(\C)CC/C=C(\C)CCC=C(C)C)C(=O)NCCN(C)C. The number of likely N-dealkylation sites (N-methyl/N-ethyl adjacent to an activating group) is 1. The van der Waals surface area contributed by atoms with E-state index in [-0.39, 0.29) is 23.7 Å². The van der Waals surface area contributed by atoms with Gasteiger partial charge < -0.3 is 20.3 Å². The first kappa shape index (κ1) is 47.9. The van der Waals surface area contributed by atoms with Crippen molar-refractivity contribution < 1.29 is 19.1 Å². The van der Waals surface area contributed by atoms with Crippen LogP contribution in [0.25, 0.3) is 0 Å². The number of rotatable bonds is 32. The van der Waals surface area contributed by atoms with Gasteiger partial charge >= 0.3 is 5.97 Å². The first-order chi connectivity index (χ1) is 24.0. The predicted molar refractivity (Wildman–Crippen MR) is 217 cm³/mol. The Bertz CT molecular complexity index is 987. The maximum atomic E-state index is 13.6. The first-order valence-electron chi connectivity index (χ1n) is 19.9. The number of esters is 1. The van der Waals surface area contributed by atoms with Crippen molar-refractivity contribution in [1.82, 2.24) is 15.5 Å². The van der Waals surface area contributed by atoms with Crippen molar-refractivity contribution in [3.05, 3.63) is 34.9 Å². The molecule has 7 nitrogen and oxygen atoms in total. The minimum absolute atomic E-state index is 0.0189. The van der Waals surface area contributed by atoms with E-state index in [1.165, 1.54) is 55.2 Å². The summed E-state index contributed by atoms with van der Waals surface area (Å²) in [5, 5.41) is 6.17. The van der Waals surface area contributed by atoms with Crippen LogP contribution in [0.3, 0.4) is 0 Å². The number of thioether (sulfide) groups is 1. The van der Waals surface area contributed by atoms with Crippen molar-refractivity contribution in [2.45, 2.75) is 163 Å². The maximum Gasteiger partial charge on any atom is 0.306 e. The molecule has 2 atom stereocenters. The number of nitrogens with zero attached hydrogens (tertiary/aromatic N) is 1. The molecule has 0 rings (SSSR count). The molecule has 0 bridgehead atoms. The third-order valence-corrected chi connectivity index (χ3v) is 9.99. The van der Waals surface area contributed by atoms with Crippen LogP contribution >= 0.6 is 11.8 Å². The quantitative estimate of drug-likeness (QED) is 0.0409. The molecule has 0 radical (unpaired) electrons. The molecule has 0 spiro atoms. The number of ether oxygens (including phenoxy) is 1. The van der Waals surface area contributed by atoms with E-state index in [4.69, 9.17) is 4.74 Å². The van der Waals surface area contributed by atoms with E-state index in [1.54, 1.807) is 11.8 Å². The van der Waals surface area contributed by atoms with Gasteiger partial charge in [-0.2, -0.15) is 11.8 Å². The lowest BCUT2D eigenvalue weighted by atomic mass is 9.93. The number of hydrogen-bond donors (Lipinski definition) is 2. The Balaban J connectivity index is 4.85. The van der Waals surface area contributed by atoms with E-state index in [2.05, 4.69) is 64.3 Å². The van der Waals surface area contributed by atoms with Crippen LogP contribution in [-0.4, -0.2) is 74.0 Å². The molecule has 290 valence electrons. The molecule has 0 aromatic rings. The summed E-state index contributed by atoms with van der Waals surface area (Å²) in [4.78, 5) is 41.2. The van der Waals surface area contributed by atoms with E-state index in [0.29, 0.717) is 37.5 Å². The lowest BCUT2D eigenvalue weighted by Crippen LogP contribution is -2.49. The van der Waals surface area contributed by atoms with Gasteiger partial charge in [0.15, 0.2) is 0 Å². The molecule has 2 unspecified atom stereocenters. The summed E-state index contributed by atoms with van der Waals surface area (Å²) in [7, 11) is 3.95. The lowest BCUT2D eigenvalue weighted by Gasteiger charge is -2.23. The minimum Gasteiger partial charge on any atom is -0.461 e. The predicted octanol–water partition coefficient (Wildman–Crippen LogP) is 9.96. The molecule has 8 heteroatoms. The Labute approximate surface area is 312 Å². The molecule has 2 amide bonds. The second-order valence-corrected chi connectivity index (χ2v) is 15.8. The number of unbranched alkanes of at least 4 members (excludes halogenated alkanes) is 8. The first-order valence-corrected chi connectivity index (χ1v) is 21.1. The number of carbonyl (C=O) groups is 3. The lowest BCUT2D eigenvalue weighted by molar-refractivity contribution is -0.141. The fourth-order valence-electron chi connectivity index (χ4n) is 5.63. The van der Waals surface area contributed by atoms with E-state index < -0.39 is 6.04 Å². The van der Waals surface area contributed by atoms with Crippen LogP contribution in [0.5, 0.6) is 0 Å². The molecule has 0 aromatic heterocycles. The summed E-state index contributed by atoms with van der Waals surface area (Å²) < 4.78 is 5.46. The minimum atomic E-state index is -0.573. The number of carbonyl (C=O) groups excluding carboxylic acids is 3. The van der Waals surface area contributed by atoms with Crippen LogP contribution in [0.1, 0.15) is 157 Å². The van der Waals surface area contributed by atoms with Crippen LogP contribution in [-0.2, 0) is 19.1 Å². The fourth-order valence-corrected chi connectivity index (χ4v) is 6.54. The molecule has 0 aliphatic rings. The van der Waals surface area contributed by atoms with E-state index in [1.807, 2.05) is 25.1 Å². The monoisotopic (exact) mass is 720 g/mol. The molecule has 0 aliphatic carbocycles. The maximum absolute atomic E-state index is 13.6. The summed E-state index contributed by atoms with van der Waals surface area (Å²) in [6.45, 7) is 14.6. The van der Waals surface area contributed by atoms with Crippen LogP contribution in [0.4, 0.5) is 0 Å². The van der Waals surface area contributed by atoms with Gasteiger partial charge in [-0.1, -0.05) is 107 Å². The van der Waals surface area contributed by atoms with Crippen LogP contribution in [0.15, 0.2) is 34.9 Å². The van der Waals surface area contributed by atoms with Gasteiger partial charge in [0.2, 0.25) is 11.8 Å². The molecular formula is C42H77N3O4S. The highest BCUT2D eigenvalue weighted by Gasteiger charge is 2.25. The van der Waals surface area contributed by atoms with E-state index in [9.17, 15) is 14.4 Å². The van der Waals surface area contributed by atoms with Crippen molar-refractivity contribution in [2.24, 2.45) is 5.92 Å². The number of hydrogen-bond acceptors (Lipinski definition) is 6. The van der Waals surface area contributed by atoms with Gasteiger partial charge in [-0.15, -0.1) is 0 Å². The summed E-state index contributed by atoms with van der Waals surface area (Å²) in [6, 6.07) is -0.573. The van der Waals surface area contributed by atoms with Gasteiger partial charge in [0.1, 0.15) is 12.6 Å². The van der Waals surface area contributed by atoms with Crippen LogP contribution in [0, 0.1) is 5.92 Å². The highest BCUT2D eigenvalue weighted by atomic mass is 32.2. The number of allylic oxidation sites excluding steroid dienone is 5. The third kappa shape index (κ3) is 29.6. The summed E-state index contributed by atoms with van der Waals surface area (Å²) in [5.74, 6) is 0.945. The summed E-state index contributed by atoms with van der Waals surface area (Å²) in [5.41, 5.74) is 4.01. The smallest absolute Gasteiger partial charge is 0.306 e. The molecule has 0 aromatic carbocycles. The molecule has 0 saturated carbocycles. The van der Waals surface area contributed by atoms with Gasteiger partial charge in [0.05, 0.1) is 6.42 Å². The highest BCUT2D eigenvalue weighted by Crippen LogP contribution is 2.20. The average Bonchev–Trinajstić information content (AvgIpc) is 3.06. The molecule has 0 saturated heterocycles. The summed E-state index contributed by atoms with van der Waals surface area (Å²) >= 11 is 1.63. The van der Waals surface area contributed by atoms with Gasteiger partial charge in [-0.05, 0) is 98.6 Å². The Morgan fingerprint density at radius 2 is 1.28 bits per heavy atom. The number of nitrogens with one attached hydrogen (secondary N) is 2. The van der Waals surface area contributed by atoms with Crippen molar-refractivity contribution in [1.29, 1.82) is 0 Å². The highest BCUT2D eigenvalue weighted by molar-refractivity contribution is 7.99. The topological polar surface area (TPSA) is 87.7 Å². The molecular weight excluding hydrogens is 643 g/mol. The van der Waals surface area contributed by atoms with Crippen LogP contribution < -0.4 is 10.6 Å². The Kier molecular flexibility index (Phi) is 31.5. The Hall–Kier alpha value is -2.06. The van der Waals surface area contributed by atoms with Crippen molar-refractivity contribution in [2.75, 3.05) is 45.3 Å². The Morgan fingerprint density at radius 1 is 0.700 bits per heavy atom. The molecule has 0 fully saturated rings. The summed E-state index contributed by atoms with van der Waals surface area (Å²) in [6.07, 6.45) is 25.2.